The SMILES string of the molecule is C=Cc1ccc(Cn2nnnc2SCCCCCC)cc1. The van der Waals surface area contributed by atoms with Gasteiger partial charge in [-0.2, -0.15) is 0 Å². The first-order chi connectivity index (χ1) is 10.3. The van der Waals surface area contributed by atoms with Gasteiger partial charge in [0.05, 0.1) is 6.54 Å². The van der Waals surface area contributed by atoms with Crippen molar-refractivity contribution in [3.8, 4) is 0 Å². The largest absolute Gasteiger partial charge is 0.216 e. The van der Waals surface area contributed by atoms with E-state index in [-0.39, 0.29) is 0 Å². The summed E-state index contributed by atoms with van der Waals surface area (Å²) in [5, 5.41) is 12.9. The van der Waals surface area contributed by atoms with E-state index in [0.29, 0.717) is 6.54 Å². The fourth-order valence-corrected chi connectivity index (χ4v) is 2.90. The molecule has 2 aromatic rings. The lowest BCUT2D eigenvalue weighted by molar-refractivity contribution is 0.602. The van der Waals surface area contributed by atoms with Crippen molar-refractivity contribution < 1.29 is 0 Å². The van der Waals surface area contributed by atoms with Crippen LogP contribution in [0.15, 0.2) is 36.0 Å². The zero-order valence-corrected chi connectivity index (χ0v) is 13.4. The van der Waals surface area contributed by atoms with Gasteiger partial charge in [0.2, 0.25) is 5.16 Å². The molecule has 0 atom stereocenters. The van der Waals surface area contributed by atoms with E-state index in [4.69, 9.17) is 0 Å². The Labute approximate surface area is 130 Å². The second-order valence-electron chi connectivity index (χ2n) is 4.97. The predicted molar refractivity (Wildman–Crippen MR) is 88.3 cm³/mol. The summed E-state index contributed by atoms with van der Waals surface area (Å²) in [6.45, 7) is 6.70. The number of hydrogen-bond acceptors (Lipinski definition) is 4. The lowest BCUT2D eigenvalue weighted by Gasteiger charge is -2.05. The van der Waals surface area contributed by atoms with Crippen LogP contribution in [0.2, 0.25) is 0 Å². The summed E-state index contributed by atoms with van der Waals surface area (Å²) in [5.41, 5.74) is 2.32. The highest BCUT2D eigenvalue weighted by molar-refractivity contribution is 7.99. The van der Waals surface area contributed by atoms with Crippen molar-refractivity contribution in [3.05, 3.63) is 42.0 Å². The Bertz CT molecular complexity index is 548. The van der Waals surface area contributed by atoms with E-state index in [1.54, 1.807) is 11.8 Å². The summed E-state index contributed by atoms with van der Waals surface area (Å²) in [7, 11) is 0. The third-order valence-electron chi connectivity index (χ3n) is 3.28. The molecular weight excluding hydrogens is 280 g/mol. The van der Waals surface area contributed by atoms with Gasteiger partial charge in [0, 0.05) is 5.75 Å². The first kappa shape index (κ1) is 15.8. The summed E-state index contributed by atoms with van der Waals surface area (Å²) in [6.07, 6.45) is 6.93. The minimum absolute atomic E-state index is 0.710. The van der Waals surface area contributed by atoms with Crippen molar-refractivity contribution in [2.45, 2.75) is 44.3 Å². The summed E-state index contributed by atoms with van der Waals surface area (Å²) < 4.78 is 1.87. The smallest absolute Gasteiger partial charge is 0.209 e. The molecule has 4 nitrogen and oxygen atoms in total. The number of unbranched alkanes of at least 4 members (excludes halogenated alkanes) is 3. The summed E-state index contributed by atoms with van der Waals surface area (Å²) in [6, 6.07) is 8.30. The van der Waals surface area contributed by atoms with Crippen molar-refractivity contribution in [2.75, 3.05) is 5.75 Å². The maximum Gasteiger partial charge on any atom is 0.209 e. The number of thioether (sulfide) groups is 1. The molecule has 112 valence electrons. The van der Waals surface area contributed by atoms with Crippen molar-refractivity contribution in [3.63, 3.8) is 0 Å². The van der Waals surface area contributed by atoms with E-state index in [0.717, 1.165) is 16.5 Å². The second-order valence-corrected chi connectivity index (χ2v) is 6.04. The van der Waals surface area contributed by atoms with E-state index < -0.39 is 0 Å². The van der Waals surface area contributed by atoms with Crippen LogP contribution in [0.25, 0.3) is 6.08 Å². The molecule has 0 aliphatic rings. The first-order valence-electron chi connectivity index (χ1n) is 7.44. The van der Waals surface area contributed by atoms with Gasteiger partial charge in [-0.15, -0.1) is 5.10 Å². The number of tetrazole rings is 1. The molecule has 0 spiro atoms. The van der Waals surface area contributed by atoms with Crippen LogP contribution < -0.4 is 0 Å². The third kappa shape index (κ3) is 5.01. The lowest BCUT2D eigenvalue weighted by atomic mass is 10.1. The highest BCUT2D eigenvalue weighted by Crippen LogP contribution is 2.17. The Morgan fingerprint density at radius 1 is 1.19 bits per heavy atom. The van der Waals surface area contributed by atoms with Gasteiger partial charge in [0.1, 0.15) is 0 Å². The normalized spacial score (nSPS) is 10.7. The first-order valence-corrected chi connectivity index (χ1v) is 8.42. The number of benzene rings is 1. The van der Waals surface area contributed by atoms with Crippen molar-refractivity contribution in [1.29, 1.82) is 0 Å². The van der Waals surface area contributed by atoms with Gasteiger partial charge in [-0.3, -0.25) is 0 Å². The summed E-state index contributed by atoms with van der Waals surface area (Å²) in [5.74, 6) is 1.08. The van der Waals surface area contributed by atoms with E-state index in [2.05, 4.69) is 53.3 Å². The van der Waals surface area contributed by atoms with Crippen LogP contribution in [0.4, 0.5) is 0 Å². The zero-order chi connectivity index (χ0) is 14.9. The quantitative estimate of drug-likeness (QED) is 0.518. The van der Waals surface area contributed by atoms with Crippen LogP contribution in [0, 0.1) is 0 Å². The molecule has 5 heteroatoms. The molecule has 21 heavy (non-hydrogen) atoms. The average molecular weight is 302 g/mol. The minimum Gasteiger partial charge on any atom is -0.216 e. The standard InChI is InChI=1S/C16H22N4S/c1-3-5-6-7-12-21-16-17-18-19-20(16)13-15-10-8-14(4-2)9-11-15/h4,8-11H,2-3,5-7,12-13H2,1H3. The van der Waals surface area contributed by atoms with Gasteiger partial charge in [-0.05, 0) is 28.0 Å². The van der Waals surface area contributed by atoms with Gasteiger partial charge in [0.15, 0.2) is 0 Å². The summed E-state index contributed by atoms with van der Waals surface area (Å²) >= 11 is 1.74. The molecule has 0 saturated heterocycles. The van der Waals surface area contributed by atoms with Gasteiger partial charge >= 0.3 is 0 Å². The molecule has 0 N–H and O–H groups in total. The monoisotopic (exact) mass is 302 g/mol. The van der Waals surface area contributed by atoms with Gasteiger partial charge in [-0.1, -0.05) is 74.9 Å². The number of aromatic nitrogens is 4. The lowest BCUT2D eigenvalue weighted by Crippen LogP contribution is -2.04. The number of rotatable bonds is 9. The Morgan fingerprint density at radius 3 is 2.71 bits per heavy atom. The maximum absolute atomic E-state index is 4.11. The predicted octanol–water partition coefficient (Wildman–Crippen LogP) is 4.04. The Kier molecular flexibility index (Phi) is 6.47. The fraction of sp³-hybridized carbons (Fsp3) is 0.438. The fourth-order valence-electron chi connectivity index (χ4n) is 2.02. The molecule has 0 aliphatic carbocycles. The zero-order valence-electron chi connectivity index (χ0n) is 12.5. The van der Waals surface area contributed by atoms with Crippen LogP contribution >= 0.6 is 11.8 Å². The summed E-state index contributed by atoms with van der Waals surface area (Å²) in [4.78, 5) is 0. The minimum atomic E-state index is 0.710. The molecule has 1 aromatic heterocycles. The second kappa shape index (κ2) is 8.62. The maximum atomic E-state index is 4.11. The van der Waals surface area contributed by atoms with Crippen LogP contribution in [0.3, 0.4) is 0 Å². The Hall–Kier alpha value is -1.62. The Morgan fingerprint density at radius 2 is 2.00 bits per heavy atom. The molecule has 0 saturated carbocycles. The molecule has 2 rings (SSSR count). The van der Waals surface area contributed by atoms with Crippen LogP contribution in [0.5, 0.6) is 0 Å². The molecule has 0 fully saturated rings. The van der Waals surface area contributed by atoms with Gasteiger partial charge < -0.3 is 0 Å². The van der Waals surface area contributed by atoms with Crippen LogP contribution in [-0.4, -0.2) is 26.0 Å². The Balaban J connectivity index is 1.88. The van der Waals surface area contributed by atoms with E-state index in [1.807, 2.05) is 10.8 Å². The van der Waals surface area contributed by atoms with E-state index in [1.165, 1.54) is 31.2 Å². The highest BCUT2D eigenvalue weighted by atomic mass is 32.2. The van der Waals surface area contributed by atoms with Gasteiger partial charge in [-0.25, -0.2) is 4.68 Å². The molecule has 0 aliphatic heterocycles. The molecule has 1 aromatic carbocycles. The average Bonchev–Trinajstić information content (AvgIpc) is 2.95. The molecule has 0 bridgehead atoms. The molecular formula is C16H22N4S. The van der Waals surface area contributed by atoms with Crippen molar-refractivity contribution >= 4 is 17.8 Å². The highest BCUT2D eigenvalue weighted by Gasteiger charge is 2.07. The van der Waals surface area contributed by atoms with Crippen LogP contribution in [0.1, 0.15) is 43.7 Å². The van der Waals surface area contributed by atoms with E-state index in [9.17, 15) is 0 Å². The molecule has 1 heterocycles. The number of hydrogen-bond donors (Lipinski definition) is 0. The van der Waals surface area contributed by atoms with Crippen molar-refractivity contribution in [1.82, 2.24) is 20.2 Å². The van der Waals surface area contributed by atoms with Crippen LogP contribution in [-0.2, 0) is 6.54 Å². The molecule has 0 amide bonds. The molecule has 0 unspecified atom stereocenters. The van der Waals surface area contributed by atoms with Gasteiger partial charge in [0.25, 0.3) is 0 Å². The van der Waals surface area contributed by atoms with Crippen molar-refractivity contribution in [2.24, 2.45) is 0 Å². The third-order valence-corrected chi connectivity index (χ3v) is 4.32. The van der Waals surface area contributed by atoms with E-state index >= 15 is 0 Å². The molecule has 0 radical (unpaired) electrons. The topological polar surface area (TPSA) is 43.6 Å². The number of nitrogens with zero attached hydrogens (tertiary/aromatic N) is 4.